The van der Waals surface area contributed by atoms with Crippen molar-refractivity contribution in [2.45, 2.75) is 9.10 Å². The van der Waals surface area contributed by atoms with E-state index in [1.54, 1.807) is 24.5 Å². The summed E-state index contributed by atoms with van der Waals surface area (Å²) in [6, 6.07) is 6.88. The Kier molecular flexibility index (Phi) is 4.49. The monoisotopic (exact) mass is 348 g/mol. The third-order valence-corrected chi connectivity index (χ3v) is 4.70. The summed E-state index contributed by atoms with van der Waals surface area (Å²) in [5.74, 6) is -1.59. The summed E-state index contributed by atoms with van der Waals surface area (Å²) in [7, 11) is 0. The Morgan fingerprint density at radius 1 is 1.22 bits per heavy atom. The van der Waals surface area contributed by atoms with Gasteiger partial charge in [-0.05, 0) is 18.2 Å². The molecule has 2 N–H and O–H groups in total. The second kappa shape index (κ2) is 6.71. The average molecular weight is 348 g/mol. The number of aromatic carboxylic acids is 1. The maximum absolute atomic E-state index is 14.1. The molecule has 0 aliphatic carbocycles. The first-order valence-electron chi connectivity index (χ1n) is 6.33. The first-order valence-corrected chi connectivity index (χ1v) is 7.96. The summed E-state index contributed by atoms with van der Waals surface area (Å²) in [5.41, 5.74) is -0.591. The molecule has 6 nitrogen and oxygen atoms in total. The largest absolute Gasteiger partial charge is 0.476 e. The van der Waals surface area contributed by atoms with Crippen molar-refractivity contribution in [1.29, 1.82) is 0 Å². The van der Waals surface area contributed by atoms with Crippen LogP contribution in [0.1, 0.15) is 10.5 Å². The number of thiazole rings is 1. The van der Waals surface area contributed by atoms with Crippen LogP contribution in [0.3, 0.4) is 0 Å². The van der Waals surface area contributed by atoms with Crippen molar-refractivity contribution in [3.63, 3.8) is 0 Å². The number of carboxylic acid groups (broad SMARTS) is 1. The van der Waals surface area contributed by atoms with E-state index >= 15 is 0 Å². The van der Waals surface area contributed by atoms with Gasteiger partial charge in [0.1, 0.15) is 5.82 Å². The Labute approximate surface area is 138 Å². The van der Waals surface area contributed by atoms with Crippen molar-refractivity contribution in [1.82, 2.24) is 15.0 Å². The number of hydrogen-bond donors (Lipinski definition) is 2. The molecule has 0 unspecified atom stereocenters. The number of rotatable bonds is 5. The number of carbonyl (C=O) groups is 1. The highest BCUT2D eigenvalue weighted by Crippen LogP contribution is 2.36. The van der Waals surface area contributed by atoms with Gasteiger partial charge in [-0.15, -0.1) is 0 Å². The standard InChI is InChI=1S/C14H9FN4O2S2/c15-11-8(4-6-17-12(11)13(20)21)22-10-7-18-14(23-10)19-9-3-1-2-5-16-9/h1-7H,(H,20,21)(H,16,18,19). The van der Waals surface area contributed by atoms with Crippen LogP contribution < -0.4 is 5.32 Å². The van der Waals surface area contributed by atoms with Crippen LogP contribution in [0.4, 0.5) is 15.3 Å². The van der Waals surface area contributed by atoms with E-state index in [0.717, 1.165) is 11.8 Å². The van der Waals surface area contributed by atoms with Crippen molar-refractivity contribution in [2.75, 3.05) is 5.32 Å². The minimum Gasteiger partial charge on any atom is -0.476 e. The van der Waals surface area contributed by atoms with Gasteiger partial charge in [0.05, 0.1) is 15.3 Å². The lowest BCUT2D eigenvalue weighted by molar-refractivity contribution is 0.0684. The van der Waals surface area contributed by atoms with Gasteiger partial charge in [-0.25, -0.2) is 24.1 Å². The molecule has 3 aromatic rings. The van der Waals surface area contributed by atoms with E-state index in [2.05, 4.69) is 20.3 Å². The normalized spacial score (nSPS) is 10.5. The number of carboxylic acids is 1. The molecule has 0 aliphatic heterocycles. The lowest BCUT2D eigenvalue weighted by Crippen LogP contribution is -2.04. The molecule has 3 heterocycles. The highest BCUT2D eigenvalue weighted by molar-refractivity contribution is 8.01. The molecule has 0 saturated heterocycles. The fourth-order valence-electron chi connectivity index (χ4n) is 1.67. The van der Waals surface area contributed by atoms with E-state index in [0.29, 0.717) is 15.2 Å². The zero-order valence-corrected chi connectivity index (χ0v) is 13.1. The van der Waals surface area contributed by atoms with Crippen LogP contribution >= 0.6 is 23.1 Å². The summed E-state index contributed by atoms with van der Waals surface area (Å²) < 4.78 is 14.8. The molecule has 116 valence electrons. The number of pyridine rings is 2. The number of anilines is 2. The Balaban J connectivity index is 1.77. The van der Waals surface area contributed by atoms with Crippen molar-refractivity contribution in [3.05, 3.63) is 54.4 Å². The molecule has 23 heavy (non-hydrogen) atoms. The van der Waals surface area contributed by atoms with Gasteiger partial charge in [-0.3, -0.25) is 0 Å². The van der Waals surface area contributed by atoms with E-state index < -0.39 is 17.5 Å². The van der Waals surface area contributed by atoms with Gasteiger partial charge in [0.25, 0.3) is 0 Å². The molecule has 0 spiro atoms. The maximum atomic E-state index is 14.1. The molecule has 3 rings (SSSR count). The van der Waals surface area contributed by atoms with Gasteiger partial charge >= 0.3 is 5.97 Å². The SMILES string of the molecule is O=C(O)c1nccc(Sc2cnc(Nc3ccccn3)s2)c1F. The van der Waals surface area contributed by atoms with Crippen LogP contribution in [0.2, 0.25) is 0 Å². The topological polar surface area (TPSA) is 88.0 Å². The molecule has 0 fully saturated rings. The third kappa shape index (κ3) is 3.63. The van der Waals surface area contributed by atoms with E-state index in [-0.39, 0.29) is 4.90 Å². The number of halogens is 1. The summed E-state index contributed by atoms with van der Waals surface area (Å²) in [6.45, 7) is 0. The Hall–Kier alpha value is -2.52. The van der Waals surface area contributed by atoms with Gasteiger partial charge < -0.3 is 10.4 Å². The maximum Gasteiger partial charge on any atom is 0.357 e. The van der Waals surface area contributed by atoms with E-state index in [1.165, 1.54) is 23.6 Å². The molecule has 9 heteroatoms. The zero-order valence-electron chi connectivity index (χ0n) is 11.4. The minimum absolute atomic E-state index is 0.186. The molecule has 0 atom stereocenters. The number of nitrogens with zero attached hydrogens (tertiary/aromatic N) is 3. The predicted molar refractivity (Wildman–Crippen MR) is 84.9 cm³/mol. The molecule has 0 saturated carbocycles. The molecular formula is C14H9FN4O2S2. The van der Waals surface area contributed by atoms with Gasteiger partial charge in [-0.2, -0.15) is 0 Å². The van der Waals surface area contributed by atoms with Gasteiger partial charge in [0.2, 0.25) is 0 Å². The zero-order chi connectivity index (χ0) is 16.2. The van der Waals surface area contributed by atoms with Crippen molar-refractivity contribution in [3.8, 4) is 0 Å². The first-order chi connectivity index (χ1) is 11.1. The van der Waals surface area contributed by atoms with Crippen LogP contribution in [0, 0.1) is 5.82 Å². The van der Waals surface area contributed by atoms with Crippen LogP contribution in [-0.2, 0) is 0 Å². The fraction of sp³-hybridized carbons (Fsp3) is 0. The highest BCUT2D eigenvalue weighted by atomic mass is 32.2. The summed E-state index contributed by atoms with van der Waals surface area (Å²) in [6.07, 6.45) is 4.51. The van der Waals surface area contributed by atoms with Crippen LogP contribution in [0.25, 0.3) is 0 Å². The number of hydrogen-bond acceptors (Lipinski definition) is 7. The van der Waals surface area contributed by atoms with Crippen LogP contribution in [-0.4, -0.2) is 26.0 Å². The minimum atomic E-state index is -1.40. The van der Waals surface area contributed by atoms with Crippen molar-refractivity contribution in [2.24, 2.45) is 0 Å². The van der Waals surface area contributed by atoms with Gasteiger partial charge in [0.15, 0.2) is 16.6 Å². The quantitative estimate of drug-likeness (QED) is 0.727. The number of aromatic nitrogens is 3. The molecule has 0 amide bonds. The molecule has 0 aliphatic rings. The predicted octanol–water partition coefficient (Wildman–Crippen LogP) is 3.67. The molecular weight excluding hydrogens is 339 g/mol. The van der Waals surface area contributed by atoms with Crippen LogP contribution in [0.15, 0.2) is 52.0 Å². The second-order valence-electron chi connectivity index (χ2n) is 4.20. The average Bonchev–Trinajstić information content (AvgIpc) is 2.97. The third-order valence-electron chi connectivity index (χ3n) is 2.65. The van der Waals surface area contributed by atoms with Gasteiger partial charge in [-0.1, -0.05) is 29.2 Å². The molecule has 0 bridgehead atoms. The summed E-state index contributed by atoms with van der Waals surface area (Å²) in [5, 5.41) is 12.5. The summed E-state index contributed by atoms with van der Waals surface area (Å²) in [4.78, 5) is 22.9. The second-order valence-corrected chi connectivity index (χ2v) is 6.58. The highest BCUT2D eigenvalue weighted by Gasteiger charge is 2.17. The fourth-order valence-corrected chi connectivity index (χ4v) is 3.54. The smallest absolute Gasteiger partial charge is 0.357 e. The lowest BCUT2D eigenvalue weighted by atomic mass is 10.3. The Morgan fingerprint density at radius 2 is 2.09 bits per heavy atom. The molecule has 0 aromatic carbocycles. The molecule has 3 aromatic heterocycles. The van der Waals surface area contributed by atoms with Crippen molar-refractivity contribution >= 4 is 40.0 Å². The van der Waals surface area contributed by atoms with E-state index in [1.807, 2.05) is 6.07 Å². The Bertz CT molecular complexity index is 842. The molecule has 0 radical (unpaired) electrons. The summed E-state index contributed by atoms with van der Waals surface area (Å²) >= 11 is 2.41. The van der Waals surface area contributed by atoms with Crippen LogP contribution in [0.5, 0.6) is 0 Å². The first kappa shape index (κ1) is 15.4. The lowest BCUT2D eigenvalue weighted by Gasteiger charge is -2.02. The number of nitrogens with one attached hydrogen (secondary N) is 1. The van der Waals surface area contributed by atoms with Crippen molar-refractivity contribution < 1.29 is 14.3 Å². The van der Waals surface area contributed by atoms with E-state index in [9.17, 15) is 9.18 Å². The van der Waals surface area contributed by atoms with E-state index in [4.69, 9.17) is 5.11 Å². The van der Waals surface area contributed by atoms with Gasteiger partial charge in [0, 0.05) is 12.4 Å². The Morgan fingerprint density at radius 3 is 2.83 bits per heavy atom.